The first-order valence-corrected chi connectivity index (χ1v) is 9.39. The molecule has 3 rings (SSSR count). The van der Waals surface area contributed by atoms with Gasteiger partial charge in [-0.25, -0.2) is 0 Å². The Balaban J connectivity index is 1.85. The number of halogens is 1. The molecule has 26 heavy (non-hydrogen) atoms. The second-order valence-electron chi connectivity index (χ2n) is 6.06. The molecule has 134 valence electrons. The van der Waals surface area contributed by atoms with Crippen molar-refractivity contribution in [1.82, 2.24) is 4.90 Å². The Morgan fingerprint density at radius 2 is 1.81 bits per heavy atom. The van der Waals surface area contributed by atoms with Crippen molar-refractivity contribution in [3.8, 4) is 5.75 Å². The summed E-state index contributed by atoms with van der Waals surface area (Å²) in [4.78, 5) is 26.6. The minimum Gasteiger partial charge on any atom is -0.490 e. The van der Waals surface area contributed by atoms with E-state index in [-0.39, 0.29) is 23.8 Å². The fourth-order valence-corrected chi connectivity index (χ4v) is 3.56. The zero-order chi connectivity index (χ0) is 18.7. The summed E-state index contributed by atoms with van der Waals surface area (Å²) in [5, 5.41) is 0.231. The summed E-state index contributed by atoms with van der Waals surface area (Å²) in [7, 11) is 0. The summed E-state index contributed by atoms with van der Waals surface area (Å²) in [5.74, 6) is 0.361. The van der Waals surface area contributed by atoms with Gasteiger partial charge < -0.3 is 4.74 Å². The summed E-state index contributed by atoms with van der Waals surface area (Å²) in [5.41, 5.74) is 1.51. The Hall–Kier alpha value is -2.24. The van der Waals surface area contributed by atoms with Crippen LogP contribution >= 0.6 is 23.4 Å². The standard InChI is InChI=1S/C20H18ClNO3S/c1-13(2)25-17-10-6-4-7-14(17)11-18-19(23)22(20(24)26-18)12-15-8-3-5-9-16(15)21/h3-11,13H,12H2,1-2H3/b18-11-. The van der Waals surface area contributed by atoms with Crippen molar-refractivity contribution in [3.63, 3.8) is 0 Å². The van der Waals surface area contributed by atoms with Crippen LogP contribution in [0.2, 0.25) is 5.02 Å². The molecule has 0 aromatic heterocycles. The Bertz CT molecular complexity index is 879. The minimum absolute atomic E-state index is 0.0137. The van der Waals surface area contributed by atoms with E-state index in [1.54, 1.807) is 18.2 Å². The van der Waals surface area contributed by atoms with Crippen LogP contribution < -0.4 is 4.74 Å². The average molecular weight is 388 g/mol. The lowest BCUT2D eigenvalue weighted by molar-refractivity contribution is -0.123. The zero-order valence-electron chi connectivity index (χ0n) is 14.4. The van der Waals surface area contributed by atoms with Gasteiger partial charge in [0, 0.05) is 10.6 Å². The molecule has 4 nitrogen and oxygen atoms in total. The predicted octanol–water partition coefficient (Wildman–Crippen LogP) is 5.36. The topological polar surface area (TPSA) is 46.6 Å². The van der Waals surface area contributed by atoms with Gasteiger partial charge in [0.25, 0.3) is 11.1 Å². The molecule has 0 bridgehead atoms. The second kappa shape index (κ2) is 7.98. The van der Waals surface area contributed by atoms with E-state index in [4.69, 9.17) is 16.3 Å². The third-order valence-electron chi connectivity index (χ3n) is 3.73. The predicted molar refractivity (Wildman–Crippen MR) is 105 cm³/mol. The number of nitrogens with zero attached hydrogens (tertiary/aromatic N) is 1. The Labute approximate surface area is 161 Å². The minimum atomic E-state index is -0.320. The van der Waals surface area contributed by atoms with Crippen LogP contribution in [0.15, 0.2) is 53.4 Å². The van der Waals surface area contributed by atoms with Gasteiger partial charge in [0.1, 0.15) is 5.75 Å². The van der Waals surface area contributed by atoms with Crippen LogP contribution in [0, 0.1) is 0 Å². The van der Waals surface area contributed by atoms with Gasteiger partial charge in [-0.05, 0) is 49.4 Å². The number of hydrogen-bond donors (Lipinski definition) is 0. The van der Waals surface area contributed by atoms with Crippen molar-refractivity contribution >= 4 is 40.6 Å². The molecule has 1 saturated heterocycles. The van der Waals surface area contributed by atoms with E-state index in [0.717, 1.165) is 22.9 Å². The highest BCUT2D eigenvalue weighted by Gasteiger charge is 2.35. The largest absolute Gasteiger partial charge is 0.490 e. The van der Waals surface area contributed by atoms with Crippen LogP contribution in [-0.2, 0) is 11.3 Å². The van der Waals surface area contributed by atoms with E-state index in [1.165, 1.54) is 4.90 Å². The first-order chi connectivity index (χ1) is 12.5. The number of amides is 2. The molecule has 1 heterocycles. The highest BCUT2D eigenvalue weighted by Crippen LogP contribution is 2.35. The molecule has 0 N–H and O–H groups in total. The summed E-state index contributed by atoms with van der Waals surface area (Å²) in [6, 6.07) is 14.6. The van der Waals surface area contributed by atoms with Gasteiger partial charge in [-0.15, -0.1) is 0 Å². The normalized spacial score (nSPS) is 16.0. The van der Waals surface area contributed by atoms with Crippen molar-refractivity contribution < 1.29 is 14.3 Å². The molecule has 2 amide bonds. The molecule has 2 aromatic carbocycles. The highest BCUT2D eigenvalue weighted by molar-refractivity contribution is 8.18. The van der Waals surface area contributed by atoms with E-state index >= 15 is 0 Å². The fourth-order valence-electron chi connectivity index (χ4n) is 2.54. The van der Waals surface area contributed by atoms with Crippen molar-refractivity contribution in [2.45, 2.75) is 26.5 Å². The SMILES string of the molecule is CC(C)Oc1ccccc1/C=C1\SC(=O)N(Cc2ccccc2Cl)C1=O. The van der Waals surface area contributed by atoms with Gasteiger partial charge in [0.05, 0.1) is 17.6 Å². The van der Waals surface area contributed by atoms with Crippen molar-refractivity contribution in [1.29, 1.82) is 0 Å². The lowest BCUT2D eigenvalue weighted by atomic mass is 10.1. The zero-order valence-corrected chi connectivity index (χ0v) is 16.0. The number of thioether (sulfide) groups is 1. The third kappa shape index (κ3) is 4.11. The number of imide groups is 1. The van der Waals surface area contributed by atoms with E-state index < -0.39 is 0 Å². The summed E-state index contributed by atoms with van der Waals surface area (Å²) >= 11 is 7.08. The van der Waals surface area contributed by atoms with Crippen LogP contribution in [0.25, 0.3) is 6.08 Å². The Kier molecular flexibility index (Phi) is 5.69. The van der Waals surface area contributed by atoms with Crippen LogP contribution in [-0.4, -0.2) is 22.2 Å². The number of hydrogen-bond acceptors (Lipinski definition) is 4. The molecule has 0 unspecified atom stereocenters. The lowest BCUT2D eigenvalue weighted by Gasteiger charge is -2.14. The quantitative estimate of drug-likeness (QED) is 0.647. The summed E-state index contributed by atoms with van der Waals surface area (Å²) < 4.78 is 5.77. The number of para-hydroxylation sites is 1. The Morgan fingerprint density at radius 1 is 1.12 bits per heavy atom. The summed E-state index contributed by atoms with van der Waals surface area (Å²) in [6.45, 7) is 4.04. The molecule has 0 aliphatic carbocycles. The molecule has 1 aliphatic rings. The van der Waals surface area contributed by atoms with Crippen LogP contribution in [0.3, 0.4) is 0 Å². The van der Waals surface area contributed by atoms with Crippen molar-refractivity contribution in [3.05, 3.63) is 69.6 Å². The average Bonchev–Trinajstić information content (AvgIpc) is 2.85. The summed E-state index contributed by atoms with van der Waals surface area (Å²) in [6.07, 6.45) is 1.72. The van der Waals surface area contributed by atoms with Crippen LogP contribution in [0.1, 0.15) is 25.0 Å². The van der Waals surface area contributed by atoms with E-state index in [2.05, 4.69) is 0 Å². The smallest absolute Gasteiger partial charge is 0.293 e. The molecule has 2 aromatic rings. The van der Waals surface area contributed by atoms with Crippen molar-refractivity contribution in [2.24, 2.45) is 0 Å². The molecule has 1 aliphatic heterocycles. The first kappa shape index (κ1) is 18.5. The number of benzene rings is 2. The van der Waals surface area contributed by atoms with Gasteiger partial charge in [-0.3, -0.25) is 14.5 Å². The van der Waals surface area contributed by atoms with Gasteiger partial charge in [-0.1, -0.05) is 48.0 Å². The molecule has 0 spiro atoms. The highest BCUT2D eigenvalue weighted by atomic mass is 35.5. The maximum Gasteiger partial charge on any atom is 0.293 e. The van der Waals surface area contributed by atoms with Crippen LogP contribution in [0.4, 0.5) is 4.79 Å². The van der Waals surface area contributed by atoms with Gasteiger partial charge >= 0.3 is 0 Å². The molecule has 0 radical (unpaired) electrons. The monoisotopic (exact) mass is 387 g/mol. The second-order valence-corrected chi connectivity index (χ2v) is 7.46. The molecular formula is C20H18ClNO3S. The van der Waals surface area contributed by atoms with Gasteiger partial charge in [-0.2, -0.15) is 0 Å². The molecule has 0 saturated carbocycles. The first-order valence-electron chi connectivity index (χ1n) is 8.20. The van der Waals surface area contributed by atoms with E-state index in [1.807, 2.05) is 50.2 Å². The molecule has 6 heteroatoms. The van der Waals surface area contributed by atoms with E-state index in [9.17, 15) is 9.59 Å². The third-order valence-corrected chi connectivity index (χ3v) is 5.00. The number of ether oxygens (including phenoxy) is 1. The van der Waals surface area contributed by atoms with Crippen LogP contribution in [0.5, 0.6) is 5.75 Å². The van der Waals surface area contributed by atoms with E-state index in [0.29, 0.717) is 15.7 Å². The lowest BCUT2D eigenvalue weighted by Crippen LogP contribution is -2.27. The maximum absolute atomic E-state index is 12.7. The van der Waals surface area contributed by atoms with Crippen molar-refractivity contribution in [2.75, 3.05) is 0 Å². The fraction of sp³-hybridized carbons (Fsp3) is 0.200. The maximum atomic E-state index is 12.7. The Morgan fingerprint density at radius 3 is 2.54 bits per heavy atom. The number of rotatable bonds is 5. The van der Waals surface area contributed by atoms with Gasteiger partial charge in [0.15, 0.2) is 0 Å². The molecule has 1 fully saturated rings. The molecule has 0 atom stereocenters. The number of carbonyl (C=O) groups is 2. The van der Waals surface area contributed by atoms with Gasteiger partial charge in [0.2, 0.25) is 0 Å². The molecular weight excluding hydrogens is 370 g/mol. The number of carbonyl (C=O) groups excluding carboxylic acids is 2.